The van der Waals surface area contributed by atoms with Crippen LogP contribution in [0.4, 0.5) is 0 Å². The quantitative estimate of drug-likeness (QED) is 0.747. The number of ether oxygens (including phenoxy) is 2. The second-order valence-corrected chi connectivity index (χ2v) is 7.18. The average Bonchev–Trinajstić information content (AvgIpc) is 2.72. The molecular formula is C23H27NO4. The number of methoxy groups -OCH3 is 1. The molecule has 0 spiro atoms. The van der Waals surface area contributed by atoms with E-state index in [9.17, 15) is 9.59 Å². The van der Waals surface area contributed by atoms with E-state index in [1.165, 1.54) is 24.0 Å². The predicted octanol–water partition coefficient (Wildman–Crippen LogP) is 3.36. The van der Waals surface area contributed by atoms with Gasteiger partial charge >= 0.3 is 5.97 Å². The van der Waals surface area contributed by atoms with Crippen LogP contribution in [0.15, 0.2) is 42.5 Å². The summed E-state index contributed by atoms with van der Waals surface area (Å²) < 4.78 is 10.4. The number of carbonyl (C=O) groups excluding carboxylic acids is 2. The monoisotopic (exact) mass is 381 g/mol. The second-order valence-electron chi connectivity index (χ2n) is 7.18. The molecule has 2 aromatic carbocycles. The lowest BCUT2D eigenvalue weighted by Crippen LogP contribution is -2.35. The number of esters is 1. The number of hydrogen-bond donors (Lipinski definition) is 1. The maximum absolute atomic E-state index is 12.2. The van der Waals surface area contributed by atoms with E-state index in [1.807, 2.05) is 30.3 Å². The molecule has 0 aromatic heterocycles. The summed E-state index contributed by atoms with van der Waals surface area (Å²) in [6.07, 6.45) is 3.98. The third-order valence-corrected chi connectivity index (χ3v) is 5.06. The first kappa shape index (κ1) is 19.9. The predicted molar refractivity (Wildman–Crippen MR) is 107 cm³/mol. The van der Waals surface area contributed by atoms with Crippen molar-refractivity contribution in [2.45, 2.75) is 51.7 Å². The zero-order valence-corrected chi connectivity index (χ0v) is 16.5. The van der Waals surface area contributed by atoms with Gasteiger partial charge in [0.15, 0.2) is 6.10 Å². The Morgan fingerprint density at radius 2 is 1.68 bits per heavy atom. The van der Waals surface area contributed by atoms with Crippen molar-refractivity contribution in [3.8, 4) is 5.75 Å². The number of fused-ring (bicyclic) bond motifs is 1. The number of amides is 1. The molecule has 1 N–H and O–H groups in total. The lowest BCUT2D eigenvalue weighted by molar-refractivity contribution is -0.154. The topological polar surface area (TPSA) is 64.6 Å². The molecule has 0 saturated heterocycles. The molecule has 1 aliphatic carbocycles. The standard InChI is InChI=1S/C23H27NO4/c1-16(23(26)24-15-17-8-11-21(27-2)12-9-17)28-22(25)14-18-7-10-19-5-3-4-6-20(19)13-18/h7-13,16H,3-6,14-15H2,1-2H3,(H,24,26)/t16-/m0/s1. The second kappa shape index (κ2) is 9.40. The largest absolute Gasteiger partial charge is 0.497 e. The molecule has 0 unspecified atom stereocenters. The summed E-state index contributed by atoms with van der Waals surface area (Å²) >= 11 is 0. The number of nitrogens with one attached hydrogen (secondary N) is 1. The molecule has 0 aliphatic heterocycles. The Morgan fingerprint density at radius 3 is 2.39 bits per heavy atom. The van der Waals surface area contributed by atoms with Gasteiger partial charge in [0, 0.05) is 6.54 Å². The minimum absolute atomic E-state index is 0.184. The molecule has 28 heavy (non-hydrogen) atoms. The molecule has 5 nitrogen and oxygen atoms in total. The Morgan fingerprint density at radius 1 is 1.00 bits per heavy atom. The molecule has 5 heteroatoms. The van der Waals surface area contributed by atoms with Crippen molar-refractivity contribution in [1.82, 2.24) is 5.32 Å². The average molecular weight is 381 g/mol. The zero-order valence-electron chi connectivity index (χ0n) is 16.5. The molecule has 1 amide bonds. The highest BCUT2D eigenvalue weighted by molar-refractivity contribution is 5.83. The molecule has 0 bridgehead atoms. The summed E-state index contributed by atoms with van der Waals surface area (Å²) in [6, 6.07) is 13.6. The van der Waals surface area contributed by atoms with E-state index in [0.29, 0.717) is 6.54 Å². The SMILES string of the molecule is COc1ccc(CNC(=O)[C@H](C)OC(=O)Cc2ccc3c(c2)CCCC3)cc1. The smallest absolute Gasteiger partial charge is 0.311 e. The van der Waals surface area contributed by atoms with Crippen LogP contribution in [0.3, 0.4) is 0 Å². The van der Waals surface area contributed by atoms with Crippen molar-refractivity contribution in [3.63, 3.8) is 0 Å². The molecule has 148 valence electrons. The van der Waals surface area contributed by atoms with Crippen LogP contribution in [-0.2, 0) is 40.1 Å². The maximum atomic E-state index is 12.2. The van der Waals surface area contributed by atoms with Crippen LogP contribution in [-0.4, -0.2) is 25.1 Å². The van der Waals surface area contributed by atoms with Gasteiger partial charge in [0.05, 0.1) is 13.5 Å². The van der Waals surface area contributed by atoms with Gasteiger partial charge < -0.3 is 14.8 Å². The summed E-state index contributed by atoms with van der Waals surface area (Å²) in [7, 11) is 1.61. The molecule has 1 aliphatic rings. The van der Waals surface area contributed by atoms with Gasteiger partial charge in [-0.2, -0.15) is 0 Å². The molecular weight excluding hydrogens is 354 g/mol. The van der Waals surface area contributed by atoms with Gasteiger partial charge in [-0.3, -0.25) is 9.59 Å². The first-order valence-corrected chi connectivity index (χ1v) is 9.76. The first-order valence-electron chi connectivity index (χ1n) is 9.76. The molecule has 1 atom stereocenters. The van der Waals surface area contributed by atoms with E-state index in [2.05, 4.69) is 17.4 Å². The van der Waals surface area contributed by atoms with Gasteiger partial charge in [0.2, 0.25) is 0 Å². The summed E-state index contributed by atoms with van der Waals surface area (Å²) in [4.78, 5) is 24.4. The zero-order chi connectivity index (χ0) is 19.9. The van der Waals surface area contributed by atoms with Crippen LogP contribution < -0.4 is 10.1 Å². The number of rotatable bonds is 7. The van der Waals surface area contributed by atoms with Gasteiger partial charge in [-0.1, -0.05) is 30.3 Å². The van der Waals surface area contributed by atoms with E-state index in [-0.39, 0.29) is 18.3 Å². The number of hydrogen-bond acceptors (Lipinski definition) is 4. The third kappa shape index (κ3) is 5.35. The van der Waals surface area contributed by atoms with E-state index in [1.54, 1.807) is 14.0 Å². The Balaban J connectivity index is 1.47. The third-order valence-electron chi connectivity index (χ3n) is 5.06. The summed E-state index contributed by atoms with van der Waals surface area (Å²) in [5.41, 5.74) is 4.61. The van der Waals surface area contributed by atoms with Crippen LogP contribution in [0.5, 0.6) is 5.75 Å². The first-order chi connectivity index (χ1) is 13.5. The Kier molecular flexibility index (Phi) is 6.69. The molecule has 0 saturated carbocycles. The minimum atomic E-state index is -0.830. The summed E-state index contributed by atoms with van der Waals surface area (Å²) in [5, 5.41) is 2.79. The van der Waals surface area contributed by atoms with Crippen molar-refractivity contribution in [3.05, 3.63) is 64.7 Å². The fraction of sp³-hybridized carbons (Fsp3) is 0.391. The molecule has 0 radical (unpaired) electrons. The Bertz CT molecular complexity index is 829. The fourth-order valence-electron chi connectivity index (χ4n) is 3.43. The van der Waals surface area contributed by atoms with Gasteiger partial charge in [-0.05, 0) is 67.0 Å². The molecule has 0 heterocycles. The lowest BCUT2D eigenvalue weighted by atomic mass is 9.90. The van der Waals surface area contributed by atoms with E-state index >= 15 is 0 Å². The highest BCUT2D eigenvalue weighted by atomic mass is 16.5. The van der Waals surface area contributed by atoms with Gasteiger partial charge in [-0.25, -0.2) is 0 Å². The lowest BCUT2D eigenvalue weighted by Gasteiger charge is -2.17. The van der Waals surface area contributed by atoms with Crippen LogP contribution in [0, 0.1) is 0 Å². The summed E-state index contributed by atoms with van der Waals surface area (Å²) in [5.74, 6) is 0.0667. The van der Waals surface area contributed by atoms with Crippen molar-refractivity contribution in [1.29, 1.82) is 0 Å². The molecule has 2 aromatic rings. The number of benzene rings is 2. The van der Waals surface area contributed by atoms with Gasteiger partial charge in [0.1, 0.15) is 5.75 Å². The number of carbonyl (C=O) groups is 2. The molecule has 0 fully saturated rings. The number of aryl methyl sites for hydroxylation is 2. The van der Waals surface area contributed by atoms with Crippen molar-refractivity contribution < 1.29 is 19.1 Å². The normalized spacial score (nSPS) is 13.9. The van der Waals surface area contributed by atoms with Crippen LogP contribution in [0.1, 0.15) is 42.0 Å². The summed E-state index contributed by atoms with van der Waals surface area (Å²) in [6.45, 7) is 1.96. The van der Waals surface area contributed by atoms with Crippen LogP contribution in [0.25, 0.3) is 0 Å². The van der Waals surface area contributed by atoms with Gasteiger partial charge in [-0.15, -0.1) is 0 Å². The highest BCUT2D eigenvalue weighted by Crippen LogP contribution is 2.22. The van der Waals surface area contributed by atoms with Crippen LogP contribution in [0.2, 0.25) is 0 Å². The van der Waals surface area contributed by atoms with Crippen molar-refractivity contribution >= 4 is 11.9 Å². The Hall–Kier alpha value is -2.82. The van der Waals surface area contributed by atoms with E-state index in [0.717, 1.165) is 29.7 Å². The van der Waals surface area contributed by atoms with Crippen LogP contribution >= 0.6 is 0 Å². The van der Waals surface area contributed by atoms with E-state index in [4.69, 9.17) is 9.47 Å². The molecule has 3 rings (SSSR count). The Labute approximate surface area is 166 Å². The van der Waals surface area contributed by atoms with E-state index < -0.39 is 6.10 Å². The maximum Gasteiger partial charge on any atom is 0.311 e. The van der Waals surface area contributed by atoms with Crippen molar-refractivity contribution in [2.24, 2.45) is 0 Å². The van der Waals surface area contributed by atoms with Gasteiger partial charge in [0.25, 0.3) is 5.91 Å². The fourth-order valence-corrected chi connectivity index (χ4v) is 3.43. The highest BCUT2D eigenvalue weighted by Gasteiger charge is 2.18. The minimum Gasteiger partial charge on any atom is -0.497 e. The van der Waals surface area contributed by atoms with Crippen molar-refractivity contribution in [2.75, 3.05) is 7.11 Å².